The number of hydrogen-bond acceptors (Lipinski definition) is 2. The summed E-state index contributed by atoms with van der Waals surface area (Å²) in [6.45, 7) is 0. The molecule has 6 heteroatoms. The van der Waals surface area contributed by atoms with Gasteiger partial charge in [-0.3, -0.25) is 10.1 Å². The molecule has 114 valence electrons. The van der Waals surface area contributed by atoms with E-state index < -0.39 is 66.8 Å². The highest BCUT2D eigenvalue weighted by Crippen LogP contribution is 2.35. The van der Waals surface area contributed by atoms with Crippen molar-refractivity contribution in [2.45, 2.75) is 49.8 Å². The Kier molecular flexibility index (Phi) is 1.60. The molecule has 2 N–H and O–H groups in total. The number of benzene rings is 1. The largest absolute Gasteiger partial charge is 0.416 e. The number of hydrogen-bond donors (Lipinski definition) is 2. The lowest BCUT2D eigenvalue weighted by molar-refractivity contribution is -0.137. The van der Waals surface area contributed by atoms with Gasteiger partial charge in [0.2, 0.25) is 5.91 Å². The summed E-state index contributed by atoms with van der Waals surface area (Å²) in [5.41, 5.74) is -4.50. The monoisotopic (exact) mass is 308 g/mol. The molecule has 3 atom stereocenters. The second kappa shape index (κ2) is 5.02. The van der Waals surface area contributed by atoms with E-state index in [2.05, 4.69) is 0 Å². The molecule has 1 aliphatic heterocycles. The van der Waals surface area contributed by atoms with Crippen molar-refractivity contribution in [1.29, 1.82) is 0 Å². The zero-order chi connectivity index (χ0) is 24.0. The highest BCUT2D eigenvalue weighted by Gasteiger charge is 2.44. The second-order valence-corrected chi connectivity index (χ2v) is 4.57. The third-order valence-electron chi connectivity index (χ3n) is 3.10. The van der Waals surface area contributed by atoms with Crippen molar-refractivity contribution in [2.24, 2.45) is 0 Å². The van der Waals surface area contributed by atoms with Gasteiger partial charge in [0.15, 0.2) is 1.41 Å². The number of carbonyl (C=O) groups is 1. The average molecular weight is 308 g/mol. The highest BCUT2D eigenvalue weighted by atomic mass is 19.4. The van der Waals surface area contributed by atoms with Crippen molar-refractivity contribution in [3.05, 3.63) is 35.4 Å². The van der Waals surface area contributed by atoms with Crippen molar-refractivity contribution >= 4 is 5.91 Å². The number of alkyl halides is 3. The lowest BCUT2D eigenvalue weighted by Gasteiger charge is -2.33. The zero-order valence-corrected chi connectivity index (χ0v) is 10.5. The summed E-state index contributed by atoms with van der Waals surface area (Å²) in [5, 5.41) is -0.189. The molecule has 0 radical (unpaired) electrons. The molecule has 3 unspecified atom stereocenters. The van der Waals surface area contributed by atoms with Crippen LogP contribution in [0.3, 0.4) is 0 Å². The Morgan fingerprint density at radius 2 is 2.05 bits per heavy atom. The molecular formula is C15H17F3N2O. The number of amides is 1. The summed E-state index contributed by atoms with van der Waals surface area (Å²) in [6.07, 6.45) is -17.7. The minimum Gasteiger partial charge on any atom is -0.336 e. The van der Waals surface area contributed by atoms with Crippen LogP contribution >= 0.6 is 0 Å². The van der Waals surface area contributed by atoms with Gasteiger partial charge in [0.1, 0.15) is 7.43 Å². The predicted octanol–water partition coefficient (Wildman–Crippen LogP) is 3.13. The fourth-order valence-corrected chi connectivity index (χ4v) is 2.06. The van der Waals surface area contributed by atoms with Gasteiger partial charge in [0, 0.05) is 9.60 Å². The third kappa shape index (κ3) is 2.77. The first kappa shape index (κ1) is 6.69. The summed E-state index contributed by atoms with van der Waals surface area (Å²) in [6, 6.07) is -0.377. The summed E-state index contributed by atoms with van der Waals surface area (Å²) in [5.74, 6) is -1.54. The van der Waals surface area contributed by atoms with E-state index in [1.54, 1.807) is 0 Å². The molecule has 1 aliphatic carbocycles. The third-order valence-corrected chi connectivity index (χ3v) is 3.10. The van der Waals surface area contributed by atoms with E-state index in [-0.39, 0.29) is 10.6 Å². The maximum Gasteiger partial charge on any atom is 0.416 e. The summed E-state index contributed by atoms with van der Waals surface area (Å²) in [4.78, 5) is 12.9. The quantitative estimate of drug-likeness (QED) is 0.837. The van der Waals surface area contributed by atoms with Gasteiger partial charge >= 0.3 is 6.18 Å². The molecule has 0 aromatic heterocycles. The lowest BCUT2D eigenvalue weighted by Crippen LogP contribution is -2.51. The Morgan fingerprint density at radius 3 is 2.71 bits per heavy atom. The number of halogens is 3. The summed E-state index contributed by atoms with van der Waals surface area (Å²) in [7, 11) is 0. The van der Waals surface area contributed by atoms with Gasteiger partial charge in [-0.05, 0) is 43.3 Å². The van der Waals surface area contributed by atoms with Crippen molar-refractivity contribution in [1.82, 2.24) is 10.6 Å². The zero-order valence-electron chi connectivity index (χ0n) is 20.5. The minimum atomic E-state index is -4.72. The van der Waals surface area contributed by atoms with Gasteiger partial charge < -0.3 is 5.31 Å². The van der Waals surface area contributed by atoms with E-state index in [9.17, 15) is 18.0 Å². The van der Waals surface area contributed by atoms with Crippen molar-refractivity contribution < 1.29 is 31.8 Å². The van der Waals surface area contributed by atoms with Crippen LogP contribution in [-0.4, -0.2) is 11.6 Å². The molecule has 3 nitrogen and oxygen atoms in total. The van der Waals surface area contributed by atoms with Crippen LogP contribution in [0.2, 0.25) is 2.82 Å². The first-order chi connectivity index (χ1) is 13.8. The number of carbonyl (C=O) groups excluding carboxylic acids is 1. The fourth-order valence-electron chi connectivity index (χ4n) is 2.06. The maximum absolute atomic E-state index is 12.9. The van der Waals surface area contributed by atoms with Gasteiger partial charge in [-0.15, -0.1) is 0 Å². The standard InChI is InChI=1S/C15H17F3N2O/c16-15(17,18)11-6-4-10(5-7-11)12-13(21)20-14(19-12)8-2-1-3-9-14/h4-7,12,19H,1-3,8-9H2,(H,20,21)/i1D2,2D,3D2,9D2,12D/hD2. The van der Waals surface area contributed by atoms with E-state index >= 15 is 0 Å². The van der Waals surface area contributed by atoms with Gasteiger partial charge in [0.05, 0.1) is 12.6 Å². The maximum atomic E-state index is 12.9. The average Bonchev–Trinajstić information content (AvgIpc) is 2.81. The molecule has 2 aliphatic rings. The van der Waals surface area contributed by atoms with Gasteiger partial charge in [0.25, 0.3) is 0 Å². The van der Waals surface area contributed by atoms with Crippen LogP contribution < -0.4 is 10.6 Å². The summed E-state index contributed by atoms with van der Waals surface area (Å²) < 4.78 is 120. The van der Waals surface area contributed by atoms with Crippen LogP contribution in [-0.2, 0) is 11.0 Å². The number of rotatable bonds is 1. The lowest BCUT2D eigenvalue weighted by atomic mass is 9.89. The molecular weight excluding hydrogens is 281 g/mol. The van der Waals surface area contributed by atoms with E-state index in [0.717, 1.165) is 12.1 Å². The molecule has 1 aromatic carbocycles. The van der Waals surface area contributed by atoms with E-state index in [0.29, 0.717) is 12.1 Å². The van der Waals surface area contributed by atoms with E-state index in [1.807, 2.05) is 0 Å². The first-order valence-corrected chi connectivity index (χ1v) is 6.04. The molecule has 1 saturated heterocycles. The topological polar surface area (TPSA) is 41.1 Å². The number of nitrogens with one attached hydrogen (secondary N) is 2. The normalized spacial score (nSPS) is 52.2. The van der Waals surface area contributed by atoms with Gasteiger partial charge in [-0.25, -0.2) is 0 Å². The molecule has 1 amide bonds. The van der Waals surface area contributed by atoms with Crippen LogP contribution in [0.25, 0.3) is 0 Å². The minimum absolute atomic E-state index is 0.0352. The molecule has 1 saturated carbocycles. The summed E-state index contributed by atoms with van der Waals surface area (Å²) >= 11 is 0. The molecule has 3 rings (SSSR count). The fraction of sp³-hybridized carbons (Fsp3) is 0.533. The molecule has 0 bridgehead atoms. The van der Waals surface area contributed by atoms with Crippen LogP contribution in [0.15, 0.2) is 24.3 Å². The van der Waals surface area contributed by atoms with Crippen LogP contribution in [0.1, 0.15) is 60.0 Å². The Morgan fingerprint density at radius 1 is 1.33 bits per heavy atom. The Labute approximate surface area is 135 Å². The van der Waals surface area contributed by atoms with Gasteiger partial charge in [-0.2, -0.15) is 13.2 Å². The first-order valence-electron chi connectivity index (χ1n) is 11.0. The molecule has 1 heterocycles. The van der Waals surface area contributed by atoms with Crippen LogP contribution in [0.4, 0.5) is 13.2 Å². The van der Waals surface area contributed by atoms with E-state index in [1.165, 1.54) is 0 Å². The second-order valence-electron chi connectivity index (χ2n) is 4.57. The molecule has 1 aromatic rings. The van der Waals surface area contributed by atoms with Crippen LogP contribution in [0.5, 0.6) is 0 Å². The van der Waals surface area contributed by atoms with Crippen molar-refractivity contribution in [3.63, 3.8) is 0 Å². The Bertz CT molecular complexity index is 911. The highest BCUT2D eigenvalue weighted by molar-refractivity contribution is 5.86. The predicted molar refractivity (Wildman–Crippen MR) is 71.3 cm³/mol. The molecule has 2 fully saturated rings. The smallest absolute Gasteiger partial charge is 0.336 e. The molecule has 21 heavy (non-hydrogen) atoms. The Balaban J connectivity index is 2.19. The van der Waals surface area contributed by atoms with Crippen molar-refractivity contribution in [3.8, 4) is 0 Å². The van der Waals surface area contributed by atoms with Crippen molar-refractivity contribution in [2.75, 3.05) is 0 Å². The van der Waals surface area contributed by atoms with Crippen LogP contribution in [0, 0.1) is 0 Å². The van der Waals surface area contributed by atoms with Gasteiger partial charge in [-0.1, -0.05) is 18.5 Å². The Hall–Kier alpha value is -1.56. The van der Waals surface area contributed by atoms with E-state index in [4.69, 9.17) is 13.8 Å². The SMILES string of the molecule is [2H]C1CC2(N([2H])C(=O)C([2H])(c3ccc(C(F)(F)F)cc3)N2[2H])C([2H])([2H])C([2H])([2H])C1([2H])[2H]. The molecule has 1 spiro atoms.